The smallest absolute Gasteiger partial charge is 0.130 e. The molecule has 3 heterocycles. The highest BCUT2D eigenvalue weighted by molar-refractivity contribution is 5.78. The number of para-hydroxylation sites is 1. The van der Waals surface area contributed by atoms with Crippen LogP contribution in [-0.2, 0) is 24.3 Å². The van der Waals surface area contributed by atoms with E-state index in [-0.39, 0.29) is 0 Å². The highest BCUT2D eigenvalue weighted by Crippen LogP contribution is 2.23. The number of aromatic nitrogens is 2. The number of ether oxygens (including phenoxy) is 2. The van der Waals surface area contributed by atoms with Crippen LogP contribution in [0.1, 0.15) is 16.8 Å². The van der Waals surface area contributed by atoms with Crippen molar-refractivity contribution in [3.05, 3.63) is 102 Å². The predicted molar refractivity (Wildman–Crippen MR) is 130 cm³/mol. The van der Waals surface area contributed by atoms with E-state index in [1.54, 1.807) is 6.20 Å². The Balaban J connectivity index is 1.25. The Morgan fingerprint density at radius 1 is 0.939 bits per heavy atom. The van der Waals surface area contributed by atoms with E-state index >= 15 is 0 Å². The zero-order valence-corrected chi connectivity index (χ0v) is 18.8. The molecule has 5 nitrogen and oxygen atoms in total. The summed E-state index contributed by atoms with van der Waals surface area (Å²) in [7, 11) is 0. The SMILES string of the molecule is c1ccc(COc2ccccc2CN2CCOC[C@H](Cc3ccc4ncccc4c3)C2)nc1. The number of nitrogens with zero attached hydrogens (tertiary/aromatic N) is 3. The molecule has 0 aliphatic carbocycles. The molecule has 1 aliphatic heterocycles. The quantitative estimate of drug-likeness (QED) is 0.410. The normalized spacial score (nSPS) is 17.0. The molecule has 1 saturated heterocycles. The van der Waals surface area contributed by atoms with E-state index in [2.05, 4.69) is 51.3 Å². The summed E-state index contributed by atoms with van der Waals surface area (Å²) in [4.78, 5) is 11.3. The molecule has 168 valence electrons. The second kappa shape index (κ2) is 10.6. The molecule has 5 heteroatoms. The Morgan fingerprint density at radius 3 is 2.79 bits per heavy atom. The summed E-state index contributed by atoms with van der Waals surface area (Å²) < 4.78 is 12.1. The van der Waals surface area contributed by atoms with Gasteiger partial charge in [0.15, 0.2) is 0 Å². The molecule has 0 unspecified atom stereocenters. The number of rotatable bonds is 7. The van der Waals surface area contributed by atoms with E-state index in [1.807, 2.05) is 42.6 Å². The Kier molecular flexibility index (Phi) is 6.90. The van der Waals surface area contributed by atoms with Crippen LogP contribution < -0.4 is 4.74 Å². The summed E-state index contributed by atoms with van der Waals surface area (Å²) in [5, 5.41) is 1.19. The lowest BCUT2D eigenvalue weighted by atomic mass is 9.98. The van der Waals surface area contributed by atoms with Crippen LogP contribution >= 0.6 is 0 Å². The van der Waals surface area contributed by atoms with Gasteiger partial charge in [0, 0.05) is 43.0 Å². The molecule has 33 heavy (non-hydrogen) atoms. The number of hydrogen-bond acceptors (Lipinski definition) is 5. The van der Waals surface area contributed by atoms with Gasteiger partial charge in [0.1, 0.15) is 12.4 Å². The first-order valence-electron chi connectivity index (χ1n) is 11.6. The third-order valence-electron chi connectivity index (χ3n) is 6.08. The highest BCUT2D eigenvalue weighted by Gasteiger charge is 2.20. The summed E-state index contributed by atoms with van der Waals surface area (Å²) in [6.45, 7) is 4.79. The summed E-state index contributed by atoms with van der Waals surface area (Å²) in [5.41, 5.74) is 4.51. The van der Waals surface area contributed by atoms with Gasteiger partial charge in [-0.05, 0) is 54.3 Å². The van der Waals surface area contributed by atoms with E-state index in [0.717, 1.165) is 56.2 Å². The van der Waals surface area contributed by atoms with Crippen LogP contribution in [0.5, 0.6) is 5.75 Å². The third-order valence-corrected chi connectivity index (χ3v) is 6.08. The summed E-state index contributed by atoms with van der Waals surface area (Å²) in [5.74, 6) is 1.37. The average molecular weight is 440 g/mol. The molecule has 0 saturated carbocycles. The largest absolute Gasteiger partial charge is 0.487 e. The summed E-state index contributed by atoms with van der Waals surface area (Å²) >= 11 is 0. The van der Waals surface area contributed by atoms with Crippen molar-refractivity contribution in [1.29, 1.82) is 0 Å². The Labute approximate surface area is 195 Å². The minimum absolute atomic E-state index is 0.447. The summed E-state index contributed by atoms with van der Waals surface area (Å²) in [6, 6.07) is 24.9. The van der Waals surface area contributed by atoms with Crippen molar-refractivity contribution in [2.75, 3.05) is 26.3 Å². The average Bonchev–Trinajstić information content (AvgIpc) is 3.09. The monoisotopic (exact) mass is 439 g/mol. The molecule has 1 fully saturated rings. The van der Waals surface area contributed by atoms with Gasteiger partial charge >= 0.3 is 0 Å². The van der Waals surface area contributed by atoms with Crippen molar-refractivity contribution >= 4 is 10.9 Å². The van der Waals surface area contributed by atoms with Crippen LogP contribution in [-0.4, -0.2) is 41.2 Å². The fraction of sp³-hybridized carbons (Fsp3) is 0.286. The number of benzene rings is 2. The van der Waals surface area contributed by atoms with Crippen molar-refractivity contribution in [2.45, 2.75) is 19.6 Å². The third kappa shape index (κ3) is 5.75. The lowest BCUT2D eigenvalue weighted by Gasteiger charge is -2.24. The van der Waals surface area contributed by atoms with Crippen molar-refractivity contribution in [3.8, 4) is 5.75 Å². The van der Waals surface area contributed by atoms with E-state index < -0.39 is 0 Å². The van der Waals surface area contributed by atoms with Crippen molar-refractivity contribution < 1.29 is 9.47 Å². The van der Waals surface area contributed by atoms with Crippen LogP contribution in [0.2, 0.25) is 0 Å². The van der Waals surface area contributed by atoms with Gasteiger partial charge in [-0.2, -0.15) is 0 Å². The molecule has 5 rings (SSSR count). The van der Waals surface area contributed by atoms with Gasteiger partial charge in [0.05, 0.1) is 24.4 Å². The summed E-state index contributed by atoms with van der Waals surface area (Å²) in [6.07, 6.45) is 4.64. The van der Waals surface area contributed by atoms with Gasteiger partial charge in [0.25, 0.3) is 0 Å². The van der Waals surface area contributed by atoms with Crippen LogP contribution in [0, 0.1) is 5.92 Å². The molecule has 2 aromatic heterocycles. The second-order valence-electron chi connectivity index (χ2n) is 8.63. The Morgan fingerprint density at radius 2 is 1.85 bits per heavy atom. The first kappa shape index (κ1) is 21.6. The molecule has 0 radical (unpaired) electrons. The van der Waals surface area contributed by atoms with Crippen LogP contribution in [0.25, 0.3) is 10.9 Å². The van der Waals surface area contributed by atoms with Gasteiger partial charge in [-0.1, -0.05) is 36.4 Å². The molecular weight excluding hydrogens is 410 g/mol. The van der Waals surface area contributed by atoms with Gasteiger partial charge in [0.2, 0.25) is 0 Å². The first-order chi connectivity index (χ1) is 16.3. The molecule has 1 atom stereocenters. The maximum Gasteiger partial charge on any atom is 0.130 e. The minimum Gasteiger partial charge on any atom is -0.487 e. The van der Waals surface area contributed by atoms with Crippen molar-refractivity contribution in [1.82, 2.24) is 14.9 Å². The molecule has 0 spiro atoms. The zero-order valence-electron chi connectivity index (χ0n) is 18.8. The van der Waals surface area contributed by atoms with Crippen LogP contribution in [0.3, 0.4) is 0 Å². The fourth-order valence-corrected chi connectivity index (χ4v) is 4.46. The number of hydrogen-bond donors (Lipinski definition) is 0. The van der Waals surface area contributed by atoms with E-state index in [9.17, 15) is 0 Å². The maximum absolute atomic E-state index is 6.13. The predicted octanol–water partition coefficient (Wildman–Crippen LogP) is 4.90. The highest BCUT2D eigenvalue weighted by atomic mass is 16.5. The van der Waals surface area contributed by atoms with Gasteiger partial charge < -0.3 is 9.47 Å². The lowest BCUT2D eigenvalue weighted by Crippen LogP contribution is -2.30. The molecule has 1 aliphatic rings. The topological polar surface area (TPSA) is 47.5 Å². The second-order valence-corrected chi connectivity index (χ2v) is 8.63. The molecule has 2 aromatic carbocycles. The molecule has 0 bridgehead atoms. The van der Waals surface area contributed by atoms with Crippen LogP contribution in [0.4, 0.5) is 0 Å². The van der Waals surface area contributed by atoms with Gasteiger partial charge in [-0.3, -0.25) is 14.9 Å². The van der Waals surface area contributed by atoms with Crippen LogP contribution in [0.15, 0.2) is 85.2 Å². The van der Waals surface area contributed by atoms with Crippen molar-refractivity contribution in [2.24, 2.45) is 5.92 Å². The standard InChI is InChI=1S/C28H29N3O2/c1-2-9-28(33-21-26-8-3-4-12-29-26)25(6-1)19-31-14-15-32-20-23(18-31)16-22-10-11-27-24(17-22)7-5-13-30-27/h1-13,17,23H,14-16,18-21H2/t23-/m1/s1. The van der Waals surface area contributed by atoms with E-state index in [0.29, 0.717) is 12.5 Å². The first-order valence-corrected chi connectivity index (χ1v) is 11.6. The molecule has 0 N–H and O–H groups in total. The van der Waals surface area contributed by atoms with Gasteiger partial charge in [-0.25, -0.2) is 0 Å². The molecule has 0 amide bonds. The van der Waals surface area contributed by atoms with E-state index in [1.165, 1.54) is 16.5 Å². The van der Waals surface area contributed by atoms with Gasteiger partial charge in [-0.15, -0.1) is 0 Å². The number of fused-ring (bicyclic) bond motifs is 1. The van der Waals surface area contributed by atoms with Crippen molar-refractivity contribution in [3.63, 3.8) is 0 Å². The number of pyridine rings is 2. The fourth-order valence-electron chi connectivity index (χ4n) is 4.46. The molecule has 4 aromatic rings. The maximum atomic E-state index is 6.13. The Hall–Kier alpha value is -3.28. The Bertz CT molecular complexity index is 1180. The van der Waals surface area contributed by atoms with E-state index in [4.69, 9.17) is 9.47 Å². The zero-order chi connectivity index (χ0) is 22.3. The lowest BCUT2D eigenvalue weighted by molar-refractivity contribution is 0.121. The molecular formula is C28H29N3O2. The minimum atomic E-state index is 0.447.